The van der Waals surface area contributed by atoms with Crippen molar-refractivity contribution in [1.82, 2.24) is 15.2 Å². The number of aryl methyl sites for hydroxylation is 1. The molecule has 0 fully saturated rings. The number of nitrogens with one attached hydrogen (secondary N) is 1. The molecule has 1 N–H and O–H groups in total. The number of aromatic nitrogens is 1. The van der Waals surface area contributed by atoms with Crippen molar-refractivity contribution in [2.75, 3.05) is 26.2 Å². The lowest BCUT2D eigenvalue weighted by Gasteiger charge is -2.24. The summed E-state index contributed by atoms with van der Waals surface area (Å²) >= 11 is 3.31. The average molecular weight is 392 g/mol. The van der Waals surface area contributed by atoms with Gasteiger partial charge in [0.1, 0.15) is 5.75 Å². The molecule has 0 aliphatic rings. The first-order valence-electron chi connectivity index (χ1n) is 8.90. The zero-order chi connectivity index (χ0) is 18.7. The van der Waals surface area contributed by atoms with Crippen molar-refractivity contribution in [3.05, 3.63) is 22.5 Å². The number of thiophene rings is 1. The van der Waals surface area contributed by atoms with Gasteiger partial charge in [-0.2, -0.15) is 0 Å². The fourth-order valence-corrected chi connectivity index (χ4v) is 4.85. The van der Waals surface area contributed by atoms with Crippen LogP contribution in [0.3, 0.4) is 0 Å². The Morgan fingerprint density at radius 1 is 1.42 bits per heavy atom. The smallest absolute Gasteiger partial charge is 0.257 e. The third kappa shape index (κ3) is 4.16. The molecule has 26 heavy (non-hydrogen) atoms. The summed E-state index contributed by atoms with van der Waals surface area (Å²) in [6.07, 6.45) is 0. The second kappa shape index (κ2) is 8.33. The first-order chi connectivity index (χ1) is 12.5. The molecule has 0 bridgehead atoms. The SMILES string of the molecule is CCN(CCNC(=O)COc1cc2sc(C)nc2c2sccc12)C(C)C. The average Bonchev–Trinajstić information content (AvgIpc) is 3.21. The number of hydrogen-bond donors (Lipinski definition) is 1. The molecule has 3 aromatic rings. The third-order valence-electron chi connectivity index (χ3n) is 4.38. The van der Waals surface area contributed by atoms with E-state index in [0.29, 0.717) is 12.6 Å². The number of ether oxygens (including phenoxy) is 1. The van der Waals surface area contributed by atoms with Gasteiger partial charge in [-0.15, -0.1) is 22.7 Å². The minimum absolute atomic E-state index is 0.0298. The number of nitrogens with zero attached hydrogens (tertiary/aromatic N) is 2. The first kappa shape index (κ1) is 19.1. The number of benzene rings is 1. The van der Waals surface area contributed by atoms with E-state index < -0.39 is 0 Å². The molecule has 7 heteroatoms. The number of carbonyl (C=O) groups is 1. The lowest BCUT2D eigenvalue weighted by atomic mass is 10.2. The van der Waals surface area contributed by atoms with Crippen molar-refractivity contribution in [2.45, 2.75) is 33.7 Å². The van der Waals surface area contributed by atoms with Crippen LogP contribution < -0.4 is 10.1 Å². The summed E-state index contributed by atoms with van der Waals surface area (Å²) < 4.78 is 8.07. The molecule has 5 nitrogen and oxygen atoms in total. The largest absolute Gasteiger partial charge is 0.483 e. The molecule has 140 valence electrons. The number of hydrogen-bond acceptors (Lipinski definition) is 6. The molecule has 3 rings (SSSR count). The van der Waals surface area contributed by atoms with Crippen LogP contribution in [0, 0.1) is 6.92 Å². The predicted octanol–water partition coefficient (Wildman–Crippen LogP) is 4.04. The van der Waals surface area contributed by atoms with Crippen molar-refractivity contribution in [3.8, 4) is 5.75 Å². The van der Waals surface area contributed by atoms with Crippen molar-refractivity contribution < 1.29 is 9.53 Å². The summed E-state index contributed by atoms with van der Waals surface area (Å²) in [7, 11) is 0. The summed E-state index contributed by atoms with van der Waals surface area (Å²) in [6.45, 7) is 11.0. The Labute approximate surface area is 162 Å². The van der Waals surface area contributed by atoms with Crippen LogP contribution in [0.5, 0.6) is 5.75 Å². The number of amides is 1. The summed E-state index contributed by atoms with van der Waals surface area (Å²) in [5.41, 5.74) is 1.03. The molecule has 0 aliphatic heterocycles. The van der Waals surface area contributed by atoms with E-state index in [1.807, 2.05) is 24.4 Å². The summed E-state index contributed by atoms with van der Waals surface area (Å²) in [6, 6.07) is 4.51. The highest BCUT2D eigenvalue weighted by Crippen LogP contribution is 2.38. The van der Waals surface area contributed by atoms with Crippen molar-refractivity contribution in [1.29, 1.82) is 0 Å². The Morgan fingerprint density at radius 3 is 2.96 bits per heavy atom. The number of carbonyl (C=O) groups excluding carboxylic acids is 1. The standard InChI is InChI=1S/C19H25N3O2S2/c1-5-22(12(2)3)8-7-20-17(23)11-24-15-10-16-18(21-13(4)26-16)19-14(15)6-9-25-19/h6,9-10,12H,5,7-8,11H2,1-4H3,(H,20,23). The van der Waals surface area contributed by atoms with E-state index in [1.54, 1.807) is 22.7 Å². The van der Waals surface area contributed by atoms with Gasteiger partial charge in [0.25, 0.3) is 5.91 Å². The molecular formula is C19H25N3O2S2. The van der Waals surface area contributed by atoms with Gasteiger partial charge in [-0.05, 0) is 38.8 Å². The molecule has 2 heterocycles. The first-order valence-corrected chi connectivity index (χ1v) is 10.6. The maximum Gasteiger partial charge on any atom is 0.257 e. The van der Waals surface area contributed by atoms with Crippen LogP contribution in [0.15, 0.2) is 17.5 Å². The topological polar surface area (TPSA) is 54.5 Å². The van der Waals surface area contributed by atoms with E-state index in [4.69, 9.17) is 4.74 Å². The van der Waals surface area contributed by atoms with Gasteiger partial charge in [-0.1, -0.05) is 6.92 Å². The summed E-state index contributed by atoms with van der Waals surface area (Å²) in [4.78, 5) is 19.1. The van der Waals surface area contributed by atoms with E-state index in [-0.39, 0.29) is 12.5 Å². The molecule has 0 unspecified atom stereocenters. The van der Waals surface area contributed by atoms with E-state index in [0.717, 1.165) is 44.1 Å². The Morgan fingerprint density at radius 2 is 2.23 bits per heavy atom. The fraction of sp³-hybridized carbons (Fsp3) is 0.474. The number of fused-ring (bicyclic) bond motifs is 3. The fourth-order valence-electron chi connectivity index (χ4n) is 3.02. The van der Waals surface area contributed by atoms with Crippen LogP contribution in [0.4, 0.5) is 0 Å². The molecule has 0 atom stereocenters. The normalized spacial score (nSPS) is 11.8. The maximum absolute atomic E-state index is 12.1. The number of likely N-dealkylation sites (N-methyl/N-ethyl adjacent to an activating group) is 1. The van der Waals surface area contributed by atoms with Crippen molar-refractivity contribution >= 4 is 48.9 Å². The minimum Gasteiger partial charge on any atom is -0.483 e. The van der Waals surface area contributed by atoms with Gasteiger partial charge in [0.2, 0.25) is 0 Å². The molecular weight excluding hydrogens is 366 g/mol. The van der Waals surface area contributed by atoms with Crippen molar-refractivity contribution in [3.63, 3.8) is 0 Å². The van der Waals surface area contributed by atoms with Gasteiger partial charge >= 0.3 is 0 Å². The monoisotopic (exact) mass is 391 g/mol. The third-order valence-corrected chi connectivity index (χ3v) is 6.22. The quantitative estimate of drug-likeness (QED) is 0.629. The molecule has 0 spiro atoms. The van der Waals surface area contributed by atoms with Gasteiger partial charge < -0.3 is 10.1 Å². The van der Waals surface area contributed by atoms with Gasteiger partial charge in [-0.25, -0.2) is 4.98 Å². The van der Waals surface area contributed by atoms with Crippen LogP contribution in [0.25, 0.3) is 20.3 Å². The lowest BCUT2D eigenvalue weighted by Crippen LogP contribution is -2.39. The minimum atomic E-state index is -0.0891. The molecule has 1 aromatic carbocycles. The van der Waals surface area contributed by atoms with Crippen LogP contribution in [-0.4, -0.2) is 48.1 Å². The van der Waals surface area contributed by atoms with E-state index in [1.165, 1.54) is 0 Å². The van der Waals surface area contributed by atoms with Crippen molar-refractivity contribution in [2.24, 2.45) is 0 Å². The zero-order valence-electron chi connectivity index (χ0n) is 15.7. The van der Waals surface area contributed by atoms with Crippen LogP contribution in [-0.2, 0) is 4.79 Å². The zero-order valence-corrected chi connectivity index (χ0v) is 17.3. The van der Waals surface area contributed by atoms with E-state index in [9.17, 15) is 4.79 Å². The Balaban J connectivity index is 1.62. The predicted molar refractivity (Wildman–Crippen MR) is 111 cm³/mol. The van der Waals surface area contributed by atoms with Gasteiger partial charge in [0.05, 0.1) is 19.9 Å². The van der Waals surface area contributed by atoms with Gasteiger partial charge in [0, 0.05) is 30.6 Å². The number of thiazole rings is 1. The van der Waals surface area contributed by atoms with Crippen LogP contribution in [0.1, 0.15) is 25.8 Å². The molecule has 1 amide bonds. The maximum atomic E-state index is 12.1. The van der Waals surface area contributed by atoms with Crippen LogP contribution >= 0.6 is 22.7 Å². The Bertz CT molecular complexity index is 901. The van der Waals surface area contributed by atoms with Gasteiger partial charge in [-0.3, -0.25) is 9.69 Å². The Kier molecular flexibility index (Phi) is 6.11. The summed E-state index contributed by atoms with van der Waals surface area (Å²) in [5, 5.41) is 7.04. The Hall–Kier alpha value is -1.70. The van der Waals surface area contributed by atoms with E-state index in [2.05, 4.69) is 36.0 Å². The molecule has 0 aliphatic carbocycles. The highest BCUT2D eigenvalue weighted by molar-refractivity contribution is 7.21. The second-order valence-electron chi connectivity index (χ2n) is 6.48. The molecule has 0 radical (unpaired) electrons. The lowest BCUT2D eigenvalue weighted by molar-refractivity contribution is -0.123. The molecule has 0 saturated heterocycles. The van der Waals surface area contributed by atoms with E-state index >= 15 is 0 Å². The second-order valence-corrected chi connectivity index (χ2v) is 8.63. The number of rotatable bonds is 8. The molecule has 0 saturated carbocycles. The highest BCUT2D eigenvalue weighted by atomic mass is 32.1. The highest BCUT2D eigenvalue weighted by Gasteiger charge is 2.14. The van der Waals surface area contributed by atoms with Gasteiger partial charge in [0.15, 0.2) is 6.61 Å². The molecule has 2 aromatic heterocycles. The summed E-state index contributed by atoms with van der Waals surface area (Å²) in [5.74, 6) is 0.665. The van der Waals surface area contributed by atoms with Crippen LogP contribution in [0.2, 0.25) is 0 Å².